The Morgan fingerprint density at radius 1 is 1.30 bits per heavy atom. The van der Waals surface area contributed by atoms with Crippen LogP contribution in [0.1, 0.15) is 10.4 Å². The Bertz CT molecular complexity index is 750. The number of anilines is 1. The number of hydrogen-bond donors (Lipinski definition) is 3. The number of hydrogen-bond acceptors (Lipinski definition) is 5. The Hall–Kier alpha value is -1.42. The van der Waals surface area contributed by atoms with E-state index in [9.17, 15) is 19.5 Å². The highest BCUT2D eigenvalue weighted by molar-refractivity contribution is 9.11. The molecule has 0 bridgehead atoms. The number of benzene rings is 1. The van der Waals surface area contributed by atoms with Gasteiger partial charge < -0.3 is 15.5 Å². The lowest BCUT2D eigenvalue weighted by Gasteiger charge is -2.16. The summed E-state index contributed by atoms with van der Waals surface area (Å²) >= 11 is 12.3. The average molecular weight is 468 g/mol. The van der Waals surface area contributed by atoms with Gasteiger partial charge in [-0.1, -0.05) is 11.6 Å². The van der Waals surface area contributed by atoms with Gasteiger partial charge in [-0.15, -0.1) is 0 Å². The van der Waals surface area contributed by atoms with Crippen LogP contribution in [0.5, 0.6) is 0 Å². The average Bonchev–Trinajstić information content (AvgIpc) is 2.72. The number of imide groups is 1. The van der Waals surface area contributed by atoms with Gasteiger partial charge in [-0.3, -0.25) is 14.5 Å². The first-order valence-corrected chi connectivity index (χ1v) is 8.10. The lowest BCUT2D eigenvalue weighted by Crippen LogP contribution is -2.34. The molecule has 23 heavy (non-hydrogen) atoms. The number of halogens is 3. The first-order valence-electron chi connectivity index (χ1n) is 6.14. The number of aliphatic hydroxyl groups excluding tert-OH is 1. The molecule has 0 unspecified atom stereocenters. The minimum atomic E-state index is -1.30. The number of aliphatic hydroxyl groups is 1. The highest BCUT2D eigenvalue weighted by Crippen LogP contribution is 2.38. The van der Waals surface area contributed by atoms with Gasteiger partial charge in [0.2, 0.25) is 0 Å². The van der Waals surface area contributed by atoms with Gasteiger partial charge in [0.25, 0.3) is 11.8 Å². The van der Waals surface area contributed by atoms with Gasteiger partial charge in [0.15, 0.2) is 0 Å². The topological polar surface area (TPSA) is 107 Å². The number of carboxylic acid groups (broad SMARTS) is 1. The van der Waals surface area contributed by atoms with E-state index in [2.05, 4.69) is 37.2 Å². The van der Waals surface area contributed by atoms with E-state index in [4.69, 9.17) is 16.7 Å². The summed E-state index contributed by atoms with van der Waals surface area (Å²) in [4.78, 5) is 36.1. The van der Waals surface area contributed by atoms with Gasteiger partial charge in [0, 0.05) is 15.0 Å². The molecule has 0 spiro atoms. The standard InChI is InChI=1S/C13H9Br2ClN2O5/c14-5-3-6(15)11(9(10(5)16)13(22)23)17-7-4-8(20)18(1-2-19)12(7)21/h3-4,17,19H,1-2H2,(H,22,23). The van der Waals surface area contributed by atoms with Crippen molar-refractivity contribution < 1.29 is 24.6 Å². The van der Waals surface area contributed by atoms with Crippen LogP contribution in [0.15, 0.2) is 26.8 Å². The number of nitrogens with one attached hydrogen (secondary N) is 1. The maximum Gasteiger partial charge on any atom is 0.339 e. The molecule has 1 aromatic carbocycles. The van der Waals surface area contributed by atoms with Crippen molar-refractivity contribution in [2.75, 3.05) is 18.5 Å². The van der Waals surface area contributed by atoms with Crippen molar-refractivity contribution in [2.24, 2.45) is 0 Å². The summed E-state index contributed by atoms with van der Waals surface area (Å²) in [7, 11) is 0. The fraction of sp³-hybridized carbons (Fsp3) is 0.154. The first-order chi connectivity index (χ1) is 10.8. The molecule has 2 rings (SSSR count). The van der Waals surface area contributed by atoms with E-state index in [0.717, 1.165) is 11.0 Å². The summed E-state index contributed by atoms with van der Waals surface area (Å²) in [6.45, 7) is -0.514. The highest BCUT2D eigenvalue weighted by Gasteiger charge is 2.32. The van der Waals surface area contributed by atoms with Crippen LogP contribution >= 0.6 is 43.5 Å². The summed E-state index contributed by atoms with van der Waals surface area (Å²) in [6, 6.07) is 1.52. The van der Waals surface area contributed by atoms with Crippen LogP contribution in [-0.2, 0) is 9.59 Å². The normalized spacial score (nSPS) is 14.3. The summed E-state index contributed by atoms with van der Waals surface area (Å²) < 4.78 is 0.701. The predicted octanol–water partition coefficient (Wildman–Crippen LogP) is 2.22. The molecule has 1 aliphatic heterocycles. The molecule has 0 saturated carbocycles. The van der Waals surface area contributed by atoms with Crippen LogP contribution in [0.2, 0.25) is 5.02 Å². The Morgan fingerprint density at radius 2 is 1.96 bits per heavy atom. The zero-order valence-electron chi connectivity index (χ0n) is 11.3. The van der Waals surface area contributed by atoms with Gasteiger partial charge in [-0.05, 0) is 37.9 Å². The Balaban J connectivity index is 2.44. The first kappa shape index (κ1) is 17.9. The van der Waals surface area contributed by atoms with E-state index in [-0.39, 0.29) is 35.1 Å². The molecule has 3 N–H and O–H groups in total. The molecule has 0 fully saturated rings. The molecule has 1 heterocycles. The van der Waals surface area contributed by atoms with Crippen LogP contribution in [0.4, 0.5) is 5.69 Å². The zero-order valence-corrected chi connectivity index (χ0v) is 15.2. The van der Waals surface area contributed by atoms with Gasteiger partial charge in [0.05, 0.1) is 23.9 Å². The molecule has 1 aliphatic rings. The minimum Gasteiger partial charge on any atom is -0.478 e. The van der Waals surface area contributed by atoms with Crippen LogP contribution in [-0.4, -0.2) is 46.0 Å². The van der Waals surface area contributed by atoms with Crippen molar-refractivity contribution in [2.45, 2.75) is 0 Å². The predicted molar refractivity (Wildman–Crippen MR) is 89.3 cm³/mol. The molecule has 0 aromatic heterocycles. The fourth-order valence-corrected chi connectivity index (χ4v) is 3.45. The summed E-state index contributed by atoms with van der Waals surface area (Å²) in [6.07, 6.45) is 1.03. The zero-order chi connectivity index (χ0) is 17.3. The molecule has 0 saturated heterocycles. The van der Waals surface area contributed by atoms with Gasteiger partial charge >= 0.3 is 5.97 Å². The lowest BCUT2D eigenvalue weighted by atomic mass is 10.1. The summed E-state index contributed by atoms with van der Waals surface area (Å²) in [5.74, 6) is -2.56. The smallest absolute Gasteiger partial charge is 0.339 e. The second-order valence-electron chi connectivity index (χ2n) is 4.41. The maximum absolute atomic E-state index is 12.1. The van der Waals surface area contributed by atoms with Crippen molar-refractivity contribution in [1.82, 2.24) is 4.90 Å². The van der Waals surface area contributed by atoms with E-state index >= 15 is 0 Å². The van der Waals surface area contributed by atoms with Crippen LogP contribution in [0, 0.1) is 0 Å². The number of carbonyl (C=O) groups is 3. The van der Waals surface area contributed by atoms with Crippen molar-refractivity contribution >= 4 is 66.9 Å². The monoisotopic (exact) mass is 466 g/mol. The third-order valence-electron chi connectivity index (χ3n) is 2.98. The van der Waals surface area contributed by atoms with Gasteiger partial charge in [0.1, 0.15) is 11.3 Å². The number of β-amino-alcohol motifs (C(OH)–C–C–N with tert-alkyl or cyclic N) is 1. The number of nitrogens with zero attached hydrogens (tertiary/aromatic N) is 1. The number of rotatable bonds is 5. The van der Waals surface area contributed by atoms with Gasteiger partial charge in [-0.25, -0.2) is 4.79 Å². The highest BCUT2D eigenvalue weighted by atomic mass is 79.9. The fourth-order valence-electron chi connectivity index (χ4n) is 1.96. The molecule has 0 aliphatic carbocycles. The third-order valence-corrected chi connectivity index (χ3v) is 4.85. The SMILES string of the molecule is O=C(O)c1c(Cl)c(Br)cc(Br)c1NC1=CC(=O)N(CCO)C1=O. The van der Waals surface area contributed by atoms with Crippen molar-refractivity contribution in [3.63, 3.8) is 0 Å². The minimum absolute atomic E-state index is 0.0453. The second-order valence-corrected chi connectivity index (χ2v) is 6.50. The molecular weight excluding hydrogens is 459 g/mol. The second kappa shape index (κ2) is 7.00. The molecular formula is C13H9Br2ClN2O5. The van der Waals surface area contributed by atoms with E-state index in [1.54, 1.807) is 0 Å². The Labute approximate surface area is 152 Å². The molecule has 0 atom stereocenters. The van der Waals surface area contributed by atoms with Crippen molar-refractivity contribution in [1.29, 1.82) is 0 Å². The molecule has 10 heteroatoms. The molecule has 0 radical (unpaired) electrons. The third kappa shape index (κ3) is 3.42. The molecule has 1 aromatic rings. The maximum atomic E-state index is 12.1. The largest absolute Gasteiger partial charge is 0.478 e. The molecule has 122 valence electrons. The van der Waals surface area contributed by atoms with Crippen molar-refractivity contribution in [3.8, 4) is 0 Å². The van der Waals surface area contributed by atoms with Crippen LogP contribution in [0.25, 0.3) is 0 Å². The molecule has 2 amide bonds. The number of carboxylic acids is 1. The quantitative estimate of drug-likeness (QED) is 0.452. The summed E-state index contributed by atoms with van der Waals surface area (Å²) in [5.41, 5.74) is -0.316. The lowest BCUT2D eigenvalue weighted by molar-refractivity contribution is -0.137. The summed E-state index contributed by atoms with van der Waals surface area (Å²) in [5, 5.41) is 20.8. The number of carbonyl (C=O) groups excluding carboxylic acids is 2. The van der Waals surface area contributed by atoms with E-state index < -0.39 is 17.8 Å². The van der Waals surface area contributed by atoms with E-state index in [1.165, 1.54) is 6.07 Å². The Kier molecular flexibility index (Phi) is 5.45. The molecule has 7 nitrogen and oxygen atoms in total. The van der Waals surface area contributed by atoms with Crippen LogP contribution in [0.3, 0.4) is 0 Å². The van der Waals surface area contributed by atoms with Gasteiger partial charge in [-0.2, -0.15) is 0 Å². The van der Waals surface area contributed by atoms with Crippen LogP contribution < -0.4 is 5.32 Å². The van der Waals surface area contributed by atoms with Crippen molar-refractivity contribution in [3.05, 3.63) is 37.4 Å². The number of aromatic carboxylic acids is 1. The van der Waals surface area contributed by atoms with E-state index in [0.29, 0.717) is 8.95 Å². The number of amides is 2. The Morgan fingerprint density at radius 3 is 2.52 bits per heavy atom. The van der Waals surface area contributed by atoms with E-state index in [1.807, 2.05) is 0 Å².